The van der Waals surface area contributed by atoms with Crippen LogP contribution in [0.3, 0.4) is 0 Å². The average Bonchev–Trinajstić information content (AvgIpc) is 2.38. The molecule has 2 rings (SSSR count). The van der Waals surface area contributed by atoms with Gasteiger partial charge in [-0.1, -0.05) is 13.8 Å². The molecule has 0 saturated carbocycles. The third-order valence-corrected chi connectivity index (χ3v) is 5.60. The van der Waals surface area contributed by atoms with Gasteiger partial charge >= 0.3 is 0 Å². The summed E-state index contributed by atoms with van der Waals surface area (Å²) in [6.07, 6.45) is 3.32. The third kappa shape index (κ3) is 3.06. The smallest absolute Gasteiger partial charge is 0.243 e. The van der Waals surface area contributed by atoms with Crippen molar-refractivity contribution in [3.63, 3.8) is 0 Å². The van der Waals surface area contributed by atoms with Crippen molar-refractivity contribution >= 4 is 15.8 Å². The minimum atomic E-state index is -3.39. The summed E-state index contributed by atoms with van der Waals surface area (Å²) < 4.78 is 26.6. The maximum Gasteiger partial charge on any atom is 0.243 e. The lowest BCUT2D eigenvalue weighted by atomic mass is 9.83. The van der Waals surface area contributed by atoms with Crippen molar-refractivity contribution in [2.75, 3.05) is 25.5 Å². The highest BCUT2D eigenvalue weighted by molar-refractivity contribution is 7.89. The van der Waals surface area contributed by atoms with Crippen LogP contribution in [0.2, 0.25) is 0 Å². The summed E-state index contributed by atoms with van der Waals surface area (Å²) in [4.78, 5) is 4.36. The fraction of sp³-hybridized carbons (Fsp3) is 0.615. The summed E-state index contributed by atoms with van der Waals surface area (Å²) in [5, 5.41) is 2.86. The van der Waals surface area contributed by atoms with Crippen LogP contribution in [0.15, 0.2) is 23.2 Å². The van der Waals surface area contributed by atoms with Crippen molar-refractivity contribution in [2.24, 2.45) is 5.41 Å². The van der Waals surface area contributed by atoms with Crippen LogP contribution in [0, 0.1) is 5.41 Å². The Morgan fingerprint density at radius 2 is 1.95 bits per heavy atom. The summed E-state index contributed by atoms with van der Waals surface area (Å²) >= 11 is 0. The monoisotopic (exact) mass is 283 g/mol. The fourth-order valence-corrected chi connectivity index (χ4v) is 3.64. The van der Waals surface area contributed by atoms with E-state index in [0.717, 1.165) is 12.8 Å². The molecule has 0 bridgehead atoms. The predicted molar refractivity (Wildman–Crippen MR) is 75.6 cm³/mol. The van der Waals surface area contributed by atoms with Gasteiger partial charge in [-0.25, -0.2) is 13.4 Å². The van der Waals surface area contributed by atoms with E-state index in [9.17, 15) is 8.42 Å². The first kappa shape index (κ1) is 14.3. The molecule has 0 unspecified atom stereocenters. The van der Waals surface area contributed by atoms with Gasteiger partial charge in [0.1, 0.15) is 5.82 Å². The minimum absolute atomic E-state index is 0.237. The molecule has 1 fully saturated rings. The zero-order valence-corrected chi connectivity index (χ0v) is 12.5. The lowest BCUT2D eigenvalue weighted by Crippen LogP contribution is -2.41. The number of hydrogen-bond acceptors (Lipinski definition) is 4. The van der Waals surface area contributed by atoms with Crippen LogP contribution in [0.25, 0.3) is 0 Å². The largest absolute Gasteiger partial charge is 0.373 e. The molecule has 0 spiro atoms. The number of sulfonamides is 1. The summed E-state index contributed by atoms with van der Waals surface area (Å²) in [6, 6.07) is 3.13. The molecule has 1 aliphatic rings. The van der Waals surface area contributed by atoms with Crippen LogP contribution in [0.5, 0.6) is 0 Å². The highest BCUT2D eigenvalue weighted by Crippen LogP contribution is 2.32. The van der Waals surface area contributed by atoms with Gasteiger partial charge in [-0.2, -0.15) is 4.31 Å². The number of anilines is 1. The maximum absolute atomic E-state index is 12.5. The van der Waals surface area contributed by atoms with Gasteiger partial charge in [-0.15, -0.1) is 0 Å². The number of nitrogens with zero attached hydrogens (tertiary/aromatic N) is 2. The van der Waals surface area contributed by atoms with Gasteiger partial charge in [0.05, 0.1) is 4.90 Å². The molecule has 2 heterocycles. The van der Waals surface area contributed by atoms with E-state index in [1.165, 1.54) is 6.20 Å². The lowest BCUT2D eigenvalue weighted by molar-refractivity contribution is 0.196. The van der Waals surface area contributed by atoms with Crippen molar-refractivity contribution in [1.82, 2.24) is 9.29 Å². The Labute approximate surface area is 115 Å². The van der Waals surface area contributed by atoms with E-state index in [1.807, 2.05) is 0 Å². The van der Waals surface area contributed by atoms with Crippen LogP contribution in [-0.4, -0.2) is 37.8 Å². The molecule has 5 nitrogen and oxygen atoms in total. The molecule has 19 heavy (non-hydrogen) atoms. The van der Waals surface area contributed by atoms with Crippen molar-refractivity contribution in [3.05, 3.63) is 18.3 Å². The van der Waals surface area contributed by atoms with Crippen LogP contribution in [0.4, 0.5) is 5.82 Å². The third-order valence-electron chi connectivity index (χ3n) is 3.70. The predicted octanol–water partition coefficient (Wildman–Crippen LogP) is 1.93. The number of pyridine rings is 1. The molecule has 0 aromatic carbocycles. The van der Waals surface area contributed by atoms with Gasteiger partial charge in [0.15, 0.2) is 0 Å². The van der Waals surface area contributed by atoms with Crippen molar-refractivity contribution in [2.45, 2.75) is 31.6 Å². The topological polar surface area (TPSA) is 62.3 Å². The summed E-state index contributed by atoms with van der Waals surface area (Å²) in [5.41, 5.74) is 0.237. The number of aromatic nitrogens is 1. The second-order valence-electron chi connectivity index (χ2n) is 5.70. The maximum atomic E-state index is 12.5. The van der Waals surface area contributed by atoms with Crippen LogP contribution in [0.1, 0.15) is 26.7 Å². The number of hydrogen-bond donors (Lipinski definition) is 1. The summed E-state index contributed by atoms with van der Waals surface area (Å²) in [6.45, 7) is 5.55. The molecule has 6 heteroatoms. The second-order valence-corrected chi connectivity index (χ2v) is 7.63. The van der Waals surface area contributed by atoms with Gasteiger partial charge in [0.25, 0.3) is 0 Å². The zero-order chi connectivity index (χ0) is 14.1. The van der Waals surface area contributed by atoms with Crippen LogP contribution in [-0.2, 0) is 10.0 Å². The molecular weight excluding hydrogens is 262 g/mol. The van der Waals surface area contributed by atoms with Gasteiger partial charge < -0.3 is 5.32 Å². The minimum Gasteiger partial charge on any atom is -0.373 e. The molecule has 0 radical (unpaired) electrons. The molecule has 1 aliphatic heterocycles. The molecule has 0 aliphatic carbocycles. The second kappa shape index (κ2) is 5.09. The number of rotatable bonds is 3. The molecule has 1 aromatic rings. The van der Waals surface area contributed by atoms with E-state index in [2.05, 4.69) is 24.1 Å². The van der Waals surface area contributed by atoms with E-state index in [0.29, 0.717) is 23.8 Å². The Morgan fingerprint density at radius 1 is 1.32 bits per heavy atom. The van der Waals surface area contributed by atoms with E-state index in [1.54, 1.807) is 23.5 Å². The Morgan fingerprint density at radius 3 is 2.53 bits per heavy atom. The standard InChI is InChI=1S/C13H21N3O2S/c1-13(2)5-8-16(9-6-13)19(17,18)11-4-7-15-12(10-11)14-3/h4,7,10H,5-6,8-9H2,1-3H3,(H,14,15). The quantitative estimate of drug-likeness (QED) is 0.921. The van der Waals surface area contributed by atoms with Crippen molar-refractivity contribution in [1.29, 1.82) is 0 Å². The summed E-state index contributed by atoms with van der Waals surface area (Å²) in [5.74, 6) is 0.568. The lowest BCUT2D eigenvalue weighted by Gasteiger charge is -2.36. The highest BCUT2D eigenvalue weighted by Gasteiger charge is 2.32. The number of piperidine rings is 1. The van der Waals surface area contributed by atoms with E-state index < -0.39 is 10.0 Å². The van der Waals surface area contributed by atoms with Gasteiger partial charge in [-0.3, -0.25) is 0 Å². The first-order valence-corrected chi connectivity index (χ1v) is 7.93. The molecule has 106 valence electrons. The van der Waals surface area contributed by atoms with E-state index >= 15 is 0 Å². The van der Waals surface area contributed by atoms with Gasteiger partial charge in [0.2, 0.25) is 10.0 Å². The molecule has 1 aromatic heterocycles. The van der Waals surface area contributed by atoms with E-state index in [-0.39, 0.29) is 5.41 Å². The highest BCUT2D eigenvalue weighted by atomic mass is 32.2. The Hall–Kier alpha value is -1.14. The van der Waals surface area contributed by atoms with Crippen LogP contribution >= 0.6 is 0 Å². The SMILES string of the molecule is CNc1cc(S(=O)(=O)N2CCC(C)(C)CC2)ccn1. The Bertz CT molecular complexity index is 545. The van der Waals surface area contributed by atoms with Crippen molar-refractivity contribution in [3.8, 4) is 0 Å². The zero-order valence-electron chi connectivity index (χ0n) is 11.7. The number of nitrogens with one attached hydrogen (secondary N) is 1. The Kier molecular flexibility index (Phi) is 3.82. The first-order chi connectivity index (χ1) is 8.85. The van der Waals surface area contributed by atoms with Gasteiger partial charge in [-0.05, 0) is 24.3 Å². The first-order valence-electron chi connectivity index (χ1n) is 6.49. The normalized spacial score (nSPS) is 20.2. The molecule has 1 N–H and O–H groups in total. The summed E-state index contributed by atoms with van der Waals surface area (Å²) in [7, 11) is -1.67. The Balaban J connectivity index is 2.23. The molecule has 1 saturated heterocycles. The van der Waals surface area contributed by atoms with Crippen LogP contribution < -0.4 is 5.32 Å². The molecule has 0 amide bonds. The van der Waals surface area contributed by atoms with Gasteiger partial charge in [0, 0.05) is 32.4 Å². The molecule has 0 atom stereocenters. The molecular formula is C13H21N3O2S. The fourth-order valence-electron chi connectivity index (χ4n) is 2.19. The van der Waals surface area contributed by atoms with Crippen molar-refractivity contribution < 1.29 is 8.42 Å². The average molecular weight is 283 g/mol. The van der Waals surface area contributed by atoms with E-state index in [4.69, 9.17) is 0 Å².